The molecule has 0 unspecified atom stereocenters. The number of para-hydroxylation sites is 6. The monoisotopic (exact) mass is 758 g/mol. The molecular formula is C54H35N2OP. The van der Waals surface area contributed by atoms with Gasteiger partial charge in [0, 0.05) is 48.6 Å². The maximum absolute atomic E-state index is 17.1. The SMILES string of the molecule is O=P1(c2ccccc2)c2c(-c3ccccc3-n3c4ccccc4c4ccccc43)cccc2-c2cccc(-c3ccccc3-n3c4ccccc4c4ccccc43)c21. The second kappa shape index (κ2) is 12.7. The molecule has 0 N–H and O–H groups in total. The molecule has 0 radical (unpaired) electrons. The summed E-state index contributed by atoms with van der Waals surface area (Å²) in [6.45, 7) is 0. The summed E-state index contributed by atoms with van der Waals surface area (Å²) >= 11 is 0. The van der Waals surface area contributed by atoms with Gasteiger partial charge in [-0.05, 0) is 58.7 Å². The largest absolute Gasteiger partial charge is 0.309 e. The van der Waals surface area contributed by atoms with Crippen LogP contribution in [0.15, 0.2) is 212 Å². The lowest BCUT2D eigenvalue weighted by Crippen LogP contribution is -2.24. The summed E-state index contributed by atoms with van der Waals surface area (Å²) in [5.41, 5.74) is 12.8. The van der Waals surface area contributed by atoms with Gasteiger partial charge in [-0.25, -0.2) is 0 Å². The van der Waals surface area contributed by atoms with Crippen molar-refractivity contribution in [3.05, 3.63) is 212 Å². The molecule has 2 aromatic heterocycles. The fourth-order valence-corrected chi connectivity index (χ4v) is 13.3. The van der Waals surface area contributed by atoms with Crippen molar-refractivity contribution < 1.29 is 4.57 Å². The van der Waals surface area contributed by atoms with Crippen LogP contribution in [0.2, 0.25) is 0 Å². The lowest BCUT2D eigenvalue weighted by Gasteiger charge is -2.23. The third-order valence-electron chi connectivity index (χ3n) is 12.1. The smallest absolute Gasteiger partial charge is 0.173 e. The Labute approximate surface area is 336 Å². The molecular weight excluding hydrogens is 724 g/mol. The highest BCUT2D eigenvalue weighted by Gasteiger charge is 2.44. The molecule has 11 aromatic rings. The number of benzene rings is 9. The Kier molecular flexibility index (Phi) is 7.20. The fraction of sp³-hybridized carbons (Fsp3) is 0. The molecule has 272 valence electrons. The van der Waals surface area contributed by atoms with Crippen LogP contribution in [-0.4, -0.2) is 9.13 Å². The first-order valence-corrected chi connectivity index (χ1v) is 21.5. The van der Waals surface area contributed by atoms with Crippen LogP contribution in [0.5, 0.6) is 0 Å². The minimum Gasteiger partial charge on any atom is -0.309 e. The number of hydrogen-bond donors (Lipinski definition) is 0. The number of rotatable bonds is 5. The molecule has 0 fully saturated rings. The van der Waals surface area contributed by atoms with Crippen LogP contribution in [-0.2, 0) is 4.57 Å². The van der Waals surface area contributed by atoms with Crippen molar-refractivity contribution >= 4 is 66.7 Å². The average Bonchev–Trinajstić information content (AvgIpc) is 3.91. The zero-order valence-corrected chi connectivity index (χ0v) is 32.4. The van der Waals surface area contributed by atoms with E-state index in [9.17, 15) is 0 Å². The number of hydrogen-bond acceptors (Lipinski definition) is 1. The molecule has 0 amide bonds. The summed E-state index contributed by atoms with van der Waals surface area (Å²) in [6, 6.07) is 74.9. The maximum Gasteiger partial charge on any atom is 0.173 e. The van der Waals surface area contributed by atoms with Crippen LogP contribution in [0.25, 0.3) is 88.4 Å². The standard InChI is InChI=1S/C54H35N2OP/c57-58(36-18-2-1-3-19-36)53-43(41-24-8-14-34-51(41)55-47-30-10-4-20-37(47)38-21-5-11-31-48(38)55)26-16-28-45(53)46-29-17-27-44(54(46)58)42-25-9-15-35-52(42)56-49-32-12-6-22-39(49)40-23-7-13-33-50(40)56/h1-35H. The highest BCUT2D eigenvalue weighted by atomic mass is 31.2. The molecule has 12 rings (SSSR count). The predicted octanol–water partition coefficient (Wildman–Crippen LogP) is 12.8. The Morgan fingerprint density at radius 2 is 0.569 bits per heavy atom. The number of fused-ring (bicyclic) bond motifs is 9. The van der Waals surface area contributed by atoms with Crippen molar-refractivity contribution in [2.24, 2.45) is 0 Å². The Balaban J connectivity index is 1.15. The summed E-state index contributed by atoms with van der Waals surface area (Å²) < 4.78 is 21.8. The van der Waals surface area contributed by atoms with E-state index in [0.29, 0.717) is 0 Å². The van der Waals surface area contributed by atoms with E-state index in [2.05, 4.69) is 203 Å². The van der Waals surface area contributed by atoms with Crippen molar-refractivity contribution in [3.63, 3.8) is 0 Å². The average molecular weight is 759 g/mol. The van der Waals surface area contributed by atoms with Crippen molar-refractivity contribution in [1.29, 1.82) is 0 Å². The molecule has 0 spiro atoms. The van der Waals surface area contributed by atoms with Gasteiger partial charge >= 0.3 is 0 Å². The third kappa shape index (κ3) is 4.54. The van der Waals surface area contributed by atoms with E-state index in [0.717, 1.165) is 82.7 Å². The Morgan fingerprint density at radius 3 is 0.966 bits per heavy atom. The van der Waals surface area contributed by atoms with Crippen LogP contribution in [0.1, 0.15) is 0 Å². The Bertz CT molecular complexity index is 3180. The Hall–Kier alpha value is -7.19. The topological polar surface area (TPSA) is 26.9 Å². The van der Waals surface area contributed by atoms with Crippen molar-refractivity contribution in [2.75, 3.05) is 0 Å². The van der Waals surface area contributed by atoms with Gasteiger partial charge < -0.3 is 13.7 Å². The third-order valence-corrected chi connectivity index (χ3v) is 15.4. The molecule has 1 aliphatic rings. The van der Waals surface area contributed by atoms with Gasteiger partial charge in [0.05, 0.1) is 33.4 Å². The summed E-state index contributed by atoms with van der Waals surface area (Å²) in [7, 11) is -3.51. The van der Waals surface area contributed by atoms with Gasteiger partial charge in [-0.15, -0.1) is 0 Å². The molecule has 58 heavy (non-hydrogen) atoms. The summed E-state index contributed by atoms with van der Waals surface area (Å²) in [4.78, 5) is 0. The zero-order chi connectivity index (χ0) is 38.4. The number of aromatic nitrogens is 2. The molecule has 0 bridgehead atoms. The highest BCUT2D eigenvalue weighted by Crippen LogP contribution is 2.57. The van der Waals surface area contributed by atoms with E-state index in [4.69, 9.17) is 0 Å². The van der Waals surface area contributed by atoms with Crippen LogP contribution >= 0.6 is 7.14 Å². The second-order valence-corrected chi connectivity index (χ2v) is 17.8. The molecule has 3 heterocycles. The maximum atomic E-state index is 17.1. The first kappa shape index (κ1) is 33.0. The van der Waals surface area contributed by atoms with Crippen LogP contribution in [0, 0.1) is 0 Å². The zero-order valence-electron chi connectivity index (χ0n) is 31.5. The van der Waals surface area contributed by atoms with E-state index in [1.807, 2.05) is 18.2 Å². The Morgan fingerprint density at radius 1 is 0.276 bits per heavy atom. The molecule has 4 heteroatoms. The quantitative estimate of drug-likeness (QED) is 0.161. The number of nitrogens with zero attached hydrogens (tertiary/aromatic N) is 2. The predicted molar refractivity (Wildman–Crippen MR) is 244 cm³/mol. The van der Waals surface area contributed by atoms with Crippen LogP contribution in [0.4, 0.5) is 0 Å². The summed E-state index contributed by atoms with van der Waals surface area (Å²) in [5.74, 6) is 0. The highest BCUT2D eigenvalue weighted by molar-refractivity contribution is 7.87. The lowest BCUT2D eigenvalue weighted by atomic mass is 9.95. The van der Waals surface area contributed by atoms with Crippen molar-refractivity contribution in [3.8, 4) is 44.8 Å². The minimum atomic E-state index is -3.51. The van der Waals surface area contributed by atoms with Crippen molar-refractivity contribution in [1.82, 2.24) is 9.13 Å². The molecule has 9 aromatic carbocycles. The molecule has 0 saturated heterocycles. The normalized spacial score (nSPS) is 13.0. The molecule has 3 nitrogen and oxygen atoms in total. The molecule has 1 aliphatic heterocycles. The molecule has 0 aliphatic carbocycles. The first-order valence-electron chi connectivity index (χ1n) is 19.8. The lowest BCUT2D eigenvalue weighted by molar-refractivity contribution is 0.593. The second-order valence-electron chi connectivity index (χ2n) is 15.1. The summed E-state index contributed by atoms with van der Waals surface area (Å²) in [6.07, 6.45) is 0. The first-order chi connectivity index (χ1) is 28.7. The summed E-state index contributed by atoms with van der Waals surface area (Å²) in [5, 5.41) is 7.46. The van der Waals surface area contributed by atoms with Gasteiger partial charge in [0.2, 0.25) is 0 Å². The van der Waals surface area contributed by atoms with E-state index in [1.165, 1.54) is 21.5 Å². The van der Waals surface area contributed by atoms with E-state index < -0.39 is 7.14 Å². The van der Waals surface area contributed by atoms with E-state index in [-0.39, 0.29) is 0 Å². The van der Waals surface area contributed by atoms with E-state index >= 15 is 4.57 Å². The van der Waals surface area contributed by atoms with Crippen molar-refractivity contribution in [2.45, 2.75) is 0 Å². The fourth-order valence-electron chi connectivity index (χ4n) is 9.80. The van der Waals surface area contributed by atoms with Gasteiger partial charge in [-0.3, -0.25) is 0 Å². The van der Waals surface area contributed by atoms with Gasteiger partial charge in [0.1, 0.15) is 0 Å². The minimum absolute atomic E-state index is 0.832. The van der Waals surface area contributed by atoms with Gasteiger partial charge in [0.15, 0.2) is 7.14 Å². The molecule has 0 atom stereocenters. The van der Waals surface area contributed by atoms with E-state index in [1.54, 1.807) is 0 Å². The van der Waals surface area contributed by atoms with Gasteiger partial charge in [-0.2, -0.15) is 0 Å². The van der Waals surface area contributed by atoms with Gasteiger partial charge in [0.25, 0.3) is 0 Å². The van der Waals surface area contributed by atoms with Crippen LogP contribution < -0.4 is 15.9 Å². The van der Waals surface area contributed by atoms with Crippen LogP contribution in [0.3, 0.4) is 0 Å². The molecule has 0 saturated carbocycles. The van der Waals surface area contributed by atoms with Gasteiger partial charge in [-0.1, -0.05) is 176 Å².